The third-order valence-corrected chi connectivity index (χ3v) is 7.81. The van der Waals surface area contributed by atoms with E-state index in [0.717, 1.165) is 24.4 Å². The predicted octanol–water partition coefficient (Wildman–Crippen LogP) is 2.45. The third kappa shape index (κ3) is 3.92. The van der Waals surface area contributed by atoms with Gasteiger partial charge in [-0.1, -0.05) is 12.1 Å². The zero-order chi connectivity index (χ0) is 21.1. The van der Waals surface area contributed by atoms with Crippen molar-refractivity contribution in [3.8, 4) is 5.75 Å². The van der Waals surface area contributed by atoms with Crippen LogP contribution < -0.4 is 4.74 Å². The Labute approximate surface area is 182 Å². The number of ether oxygens (including phenoxy) is 2. The lowest BCUT2D eigenvalue weighted by Gasteiger charge is -2.43. The van der Waals surface area contributed by atoms with Gasteiger partial charge in [0.25, 0.3) is 5.91 Å². The van der Waals surface area contributed by atoms with Gasteiger partial charge >= 0.3 is 6.03 Å². The number of carbonyl (C=O) groups is 2. The zero-order valence-electron chi connectivity index (χ0n) is 17.8. The number of likely N-dealkylation sites (tertiary alicyclic amines) is 1. The zero-order valence-corrected chi connectivity index (χ0v) is 18.7. The molecule has 7 nitrogen and oxygen atoms in total. The van der Waals surface area contributed by atoms with E-state index < -0.39 is 5.54 Å². The van der Waals surface area contributed by atoms with E-state index in [1.165, 1.54) is 22.8 Å². The number of methoxy groups -OCH3 is 2. The van der Waals surface area contributed by atoms with Crippen LogP contribution in [0.25, 0.3) is 0 Å². The summed E-state index contributed by atoms with van der Waals surface area (Å²) < 4.78 is 10.5. The van der Waals surface area contributed by atoms with Crippen molar-refractivity contribution < 1.29 is 19.1 Å². The van der Waals surface area contributed by atoms with E-state index in [4.69, 9.17) is 9.47 Å². The Bertz CT molecular complexity index is 775. The Morgan fingerprint density at radius 2 is 2.00 bits per heavy atom. The first kappa shape index (κ1) is 21.5. The average Bonchev–Trinajstić information content (AvgIpc) is 3.37. The van der Waals surface area contributed by atoms with Crippen molar-refractivity contribution in [1.82, 2.24) is 14.7 Å². The second-order valence-electron chi connectivity index (χ2n) is 8.25. The van der Waals surface area contributed by atoms with Gasteiger partial charge < -0.3 is 14.4 Å². The summed E-state index contributed by atoms with van der Waals surface area (Å²) in [6, 6.07) is 7.96. The predicted molar refractivity (Wildman–Crippen MR) is 117 cm³/mol. The van der Waals surface area contributed by atoms with Gasteiger partial charge in [-0.15, -0.1) is 0 Å². The van der Waals surface area contributed by atoms with Crippen LogP contribution in [0.5, 0.6) is 5.75 Å². The smallest absolute Gasteiger partial charge is 0.328 e. The topological polar surface area (TPSA) is 62.3 Å². The normalized spacial score (nSPS) is 24.3. The van der Waals surface area contributed by atoms with Crippen molar-refractivity contribution in [1.29, 1.82) is 0 Å². The standard InChI is InChI=1S/C22H31N3O4S/c1-28-12-11-25-21(27)24(15-17-4-3-5-19(14-17)29-2)20(26)22(25)7-9-23(10-8-22)18-6-13-30-16-18/h3-5,14,18H,6-13,15-16H2,1-2H3/t18-/m0/s1. The van der Waals surface area contributed by atoms with Crippen LogP contribution in [-0.4, -0.2) is 90.2 Å². The molecule has 4 rings (SSSR count). The van der Waals surface area contributed by atoms with Crippen LogP contribution in [0.1, 0.15) is 24.8 Å². The molecular weight excluding hydrogens is 402 g/mol. The lowest BCUT2D eigenvalue weighted by atomic mass is 9.85. The minimum atomic E-state index is -0.739. The molecule has 3 saturated heterocycles. The Kier molecular flexibility index (Phi) is 6.55. The summed E-state index contributed by atoms with van der Waals surface area (Å²) in [5, 5.41) is 0. The summed E-state index contributed by atoms with van der Waals surface area (Å²) in [6.07, 6.45) is 2.61. The molecule has 1 aromatic carbocycles. The molecule has 3 aliphatic heterocycles. The van der Waals surface area contributed by atoms with Gasteiger partial charge in [-0.25, -0.2) is 4.79 Å². The summed E-state index contributed by atoms with van der Waals surface area (Å²) in [6.45, 7) is 2.86. The SMILES string of the molecule is COCCN1C(=O)N(Cc2cccc(OC)c2)C(=O)C12CCN([C@H]1CCSC1)CC2. The van der Waals surface area contributed by atoms with E-state index in [1.807, 2.05) is 36.0 Å². The average molecular weight is 434 g/mol. The number of amides is 3. The van der Waals surface area contributed by atoms with Crippen molar-refractivity contribution in [2.24, 2.45) is 0 Å². The van der Waals surface area contributed by atoms with Crippen LogP contribution in [0, 0.1) is 0 Å². The highest BCUT2D eigenvalue weighted by atomic mass is 32.2. The summed E-state index contributed by atoms with van der Waals surface area (Å²) >= 11 is 2.01. The number of benzene rings is 1. The van der Waals surface area contributed by atoms with Crippen LogP contribution in [0.15, 0.2) is 24.3 Å². The number of urea groups is 1. The van der Waals surface area contributed by atoms with Gasteiger partial charge in [-0.2, -0.15) is 11.8 Å². The van der Waals surface area contributed by atoms with Crippen LogP contribution in [0.3, 0.4) is 0 Å². The molecule has 3 fully saturated rings. The van der Waals surface area contributed by atoms with Crippen LogP contribution in [0.2, 0.25) is 0 Å². The molecule has 3 heterocycles. The van der Waals surface area contributed by atoms with E-state index in [9.17, 15) is 9.59 Å². The van der Waals surface area contributed by atoms with Gasteiger partial charge in [-0.05, 0) is 42.7 Å². The van der Waals surface area contributed by atoms with Crippen molar-refractivity contribution in [2.45, 2.75) is 37.4 Å². The minimum Gasteiger partial charge on any atom is -0.497 e. The maximum Gasteiger partial charge on any atom is 0.328 e. The Morgan fingerprint density at radius 1 is 1.20 bits per heavy atom. The highest BCUT2D eigenvalue weighted by Crippen LogP contribution is 2.39. The van der Waals surface area contributed by atoms with Crippen LogP contribution in [-0.2, 0) is 16.1 Å². The molecule has 3 amide bonds. The second kappa shape index (κ2) is 9.16. The molecular formula is C22H31N3O4S. The van der Waals surface area contributed by atoms with Gasteiger partial charge in [0, 0.05) is 38.5 Å². The molecule has 1 aromatic rings. The maximum absolute atomic E-state index is 13.6. The number of hydrogen-bond acceptors (Lipinski definition) is 6. The van der Waals surface area contributed by atoms with Crippen molar-refractivity contribution in [2.75, 3.05) is 52.0 Å². The molecule has 1 atom stereocenters. The molecule has 1 spiro atoms. The minimum absolute atomic E-state index is 0.0631. The summed E-state index contributed by atoms with van der Waals surface area (Å²) in [5.41, 5.74) is 0.150. The van der Waals surface area contributed by atoms with Crippen LogP contribution in [0.4, 0.5) is 4.79 Å². The number of thioether (sulfide) groups is 1. The van der Waals surface area contributed by atoms with E-state index >= 15 is 0 Å². The fraction of sp³-hybridized carbons (Fsp3) is 0.636. The van der Waals surface area contributed by atoms with Gasteiger partial charge in [-0.3, -0.25) is 14.6 Å². The summed E-state index contributed by atoms with van der Waals surface area (Å²) in [4.78, 5) is 32.7. The first-order valence-electron chi connectivity index (χ1n) is 10.7. The first-order chi connectivity index (χ1) is 14.6. The van der Waals surface area contributed by atoms with E-state index in [2.05, 4.69) is 4.90 Å². The highest BCUT2D eigenvalue weighted by Gasteiger charge is 2.58. The van der Waals surface area contributed by atoms with E-state index in [0.29, 0.717) is 32.0 Å². The van der Waals surface area contributed by atoms with Gasteiger partial charge in [0.15, 0.2) is 0 Å². The lowest BCUT2D eigenvalue weighted by molar-refractivity contribution is -0.136. The highest BCUT2D eigenvalue weighted by molar-refractivity contribution is 7.99. The van der Waals surface area contributed by atoms with E-state index in [1.54, 1.807) is 19.1 Å². The van der Waals surface area contributed by atoms with Crippen LogP contribution >= 0.6 is 11.8 Å². The van der Waals surface area contributed by atoms with Gasteiger partial charge in [0.1, 0.15) is 11.3 Å². The lowest BCUT2D eigenvalue weighted by Crippen LogP contribution is -2.58. The van der Waals surface area contributed by atoms with Crippen molar-refractivity contribution >= 4 is 23.7 Å². The quantitative estimate of drug-likeness (QED) is 0.616. The number of nitrogens with zero attached hydrogens (tertiary/aromatic N) is 3. The molecule has 30 heavy (non-hydrogen) atoms. The first-order valence-corrected chi connectivity index (χ1v) is 11.8. The molecule has 0 aromatic heterocycles. The molecule has 0 saturated carbocycles. The number of hydrogen-bond donors (Lipinski definition) is 0. The maximum atomic E-state index is 13.6. The fourth-order valence-electron chi connectivity index (χ4n) is 4.92. The Morgan fingerprint density at radius 3 is 2.67 bits per heavy atom. The number of imide groups is 1. The number of piperidine rings is 1. The van der Waals surface area contributed by atoms with E-state index in [-0.39, 0.29) is 18.5 Å². The number of carbonyl (C=O) groups excluding carboxylic acids is 2. The molecule has 0 aliphatic carbocycles. The Hall–Kier alpha value is -1.77. The summed E-state index contributed by atoms with van der Waals surface area (Å²) in [5.74, 6) is 3.06. The summed E-state index contributed by atoms with van der Waals surface area (Å²) in [7, 11) is 3.24. The van der Waals surface area contributed by atoms with Crippen molar-refractivity contribution in [3.63, 3.8) is 0 Å². The van der Waals surface area contributed by atoms with Gasteiger partial charge in [0.05, 0.1) is 20.3 Å². The fourth-order valence-corrected chi connectivity index (χ4v) is 6.18. The molecule has 0 N–H and O–H groups in total. The molecule has 8 heteroatoms. The monoisotopic (exact) mass is 433 g/mol. The second-order valence-corrected chi connectivity index (χ2v) is 9.40. The van der Waals surface area contributed by atoms with Gasteiger partial charge in [0.2, 0.25) is 0 Å². The Balaban J connectivity index is 1.54. The molecule has 0 radical (unpaired) electrons. The molecule has 0 bridgehead atoms. The van der Waals surface area contributed by atoms with Crippen molar-refractivity contribution in [3.05, 3.63) is 29.8 Å². The molecule has 164 valence electrons. The molecule has 0 unspecified atom stereocenters. The largest absolute Gasteiger partial charge is 0.497 e. The molecule has 3 aliphatic rings. The number of rotatable bonds is 7. The third-order valence-electron chi connectivity index (χ3n) is 6.66.